The standard InChI is InChI=1S/C24H22ClF3N4O2S/c1-23(22(33)34)12-5-13-32(14-23)19-8-4-9-20(30-19)35-31-18-11-10-16(24(26,27)28)21(29-18)15-6-2-3-7-17(15)25/h2-4,6-11H,5,12-14H2,1H3,(H,29,31)(H,33,34). The quantitative estimate of drug-likeness (QED) is 0.352. The van der Waals surface area contributed by atoms with Crippen molar-refractivity contribution in [1.82, 2.24) is 9.97 Å². The second kappa shape index (κ2) is 9.94. The SMILES string of the molecule is CC1(C(=O)O)CCCN(c2cccc(SNc3ccc(C(F)(F)F)c(-c4ccccc4Cl)n3)n2)C1. The Bertz CT molecular complexity index is 1240. The number of anilines is 2. The number of nitrogens with one attached hydrogen (secondary N) is 1. The molecule has 0 saturated carbocycles. The average molecular weight is 523 g/mol. The van der Waals surface area contributed by atoms with Crippen molar-refractivity contribution >= 4 is 41.2 Å². The van der Waals surface area contributed by atoms with Gasteiger partial charge < -0.3 is 14.7 Å². The first-order chi connectivity index (χ1) is 16.6. The summed E-state index contributed by atoms with van der Waals surface area (Å²) in [4.78, 5) is 22.4. The fraction of sp³-hybridized carbons (Fsp3) is 0.292. The first-order valence-corrected chi connectivity index (χ1v) is 12.0. The molecule has 1 aliphatic heterocycles. The number of pyridine rings is 2. The van der Waals surface area contributed by atoms with Gasteiger partial charge in [0.1, 0.15) is 16.7 Å². The number of benzene rings is 1. The predicted octanol–water partition coefficient (Wildman–Crippen LogP) is 6.63. The minimum absolute atomic E-state index is 0.166. The molecule has 35 heavy (non-hydrogen) atoms. The predicted molar refractivity (Wildman–Crippen MR) is 131 cm³/mol. The van der Waals surface area contributed by atoms with Gasteiger partial charge in [-0.15, -0.1) is 0 Å². The first-order valence-electron chi connectivity index (χ1n) is 10.8. The third-order valence-corrected chi connectivity index (χ3v) is 6.91. The summed E-state index contributed by atoms with van der Waals surface area (Å²) >= 11 is 7.25. The zero-order valence-corrected chi connectivity index (χ0v) is 20.2. The molecule has 3 heterocycles. The summed E-state index contributed by atoms with van der Waals surface area (Å²) in [7, 11) is 0. The van der Waals surface area contributed by atoms with Gasteiger partial charge in [0.05, 0.1) is 16.7 Å². The van der Waals surface area contributed by atoms with Gasteiger partial charge >= 0.3 is 12.1 Å². The number of halogens is 4. The monoisotopic (exact) mass is 522 g/mol. The molecule has 4 rings (SSSR count). The highest BCUT2D eigenvalue weighted by Gasteiger charge is 2.38. The molecule has 1 atom stereocenters. The Hall–Kier alpha value is -2.98. The molecule has 184 valence electrons. The van der Waals surface area contributed by atoms with E-state index in [9.17, 15) is 23.1 Å². The zero-order valence-electron chi connectivity index (χ0n) is 18.6. The maximum absolute atomic E-state index is 13.6. The number of aromatic nitrogens is 2. The van der Waals surface area contributed by atoms with Crippen molar-refractivity contribution in [1.29, 1.82) is 0 Å². The van der Waals surface area contributed by atoms with E-state index in [0.717, 1.165) is 24.4 Å². The van der Waals surface area contributed by atoms with Crippen molar-refractivity contribution in [3.8, 4) is 11.3 Å². The molecular weight excluding hydrogens is 501 g/mol. The van der Waals surface area contributed by atoms with Crippen LogP contribution in [0.15, 0.2) is 59.6 Å². The molecule has 2 aromatic heterocycles. The second-order valence-corrected chi connectivity index (χ2v) is 9.73. The highest BCUT2D eigenvalue weighted by atomic mass is 35.5. The van der Waals surface area contributed by atoms with E-state index in [-0.39, 0.29) is 22.1 Å². The van der Waals surface area contributed by atoms with Gasteiger partial charge in [0, 0.05) is 35.6 Å². The van der Waals surface area contributed by atoms with Crippen LogP contribution >= 0.6 is 23.5 Å². The number of hydrogen-bond acceptors (Lipinski definition) is 6. The molecule has 1 aromatic carbocycles. The molecule has 2 N–H and O–H groups in total. The lowest BCUT2D eigenvalue weighted by atomic mass is 9.82. The largest absolute Gasteiger partial charge is 0.481 e. The van der Waals surface area contributed by atoms with E-state index in [0.29, 0.717) is 30.4 Å². The van der Waals surface area contributed by atoms with E-state index in [2.05, 4.69) is 14.7 Å². The van der Waals surface area contributed by atoms with Crippen LogP contribution in [0.3, 0.4) is 0 Å². The third kappa shape index (κ3) is 5.65. The number of carboxylic acid groups (broad SMARTS) is 1. The number of nitrogens with zero attached hydrogens (tertiary/aromatic N) is 3. The van der Waals surface area contributed by atoms with E-state index in [1.54, 1.807) is 31.2 Å². The Morgan fingerprint density at radius 2 is 1.91 bits per heavy atom. The molecule has 1 fully saturated rings. The van der Waals surface area contributed by atoms with Crippen LogP contribution in [-0.2, 0) is 11.0 Å². The number of rotatable bonds is 6. The van der Waals surface area contributed by atoms with Gasteiger partial charge in [-0.2, -0.15) is 13.2 Å². The number of hydrogen-bond donors (Lipinski definition) is 2. The molecule has 1 unspecified atom stereocenters. The summed E-state index contributed by atoms with van der Waals surface area (Å²) in [6.45, 7) is 2.77. The van der Waals surface area contributed by atoms with Crippen molar-refractivity contribution < 1.29 is 23.1 Å². The van der Waals surface area contributed by atoms with Gasteiger partial charge in [-0.1, -0.05) is 35.9 Å². The molecule has 1 saturated heterocycles. The van der Waals surface area contributed by atoms with Gasteiger partial charge in [-0.05, 0) is 50.1 Å². The Balaban J connectivity index is 1.55. The third-order valence-electron chi connectivity index (χ3n) is 5.84. The molecule has 0 spiro atoms. The summed E-state index contributed by atoms with van der Waals surface area (Å²) in [5.41, 5.74) is -1.81. The molecule has 0 amide bonds. The number of carboxylic acids is 1. The molecular formula is C24H22ClF3N4O2S. The van der Waals surface area contributed by atoms with Gasteiger partial charge in [-0.25, -0.2) is 9.97 Å². The molecule has 0 aliphatic carbocycles. The van der Waals surface area contributed by atoms with Crippen LogP contribution in [0.4, 0.5) is 24.8 Å². The summed E-state index contributed by atoms with van der Waals surface area (Å²) in [5, 5.41) is 10.3. The average Bonchev–Trinajstić information content (AvgIpc) is 2.82. The van der Waals surface area contributed by atoms with Crippen LogP contribution in [0.1, 0.15) is 25.3 Å². The minimum atomic E-state index is -4.60. The fourth-order valence-corrected chi connectivity index (χ4v) is 4.79. The van der Waals surface area contributed by atoms with Crippen LogP contribution in [0.5, 0.6) is 0 Å². The Labute approximate surface area is 209 Å². The van der Waals surface area contributed by atoms with Crippen molar-refractivity contribution in [2.75, 3.05) is 22.7 Å². The number of alkyl halides is 3. The molecule has 0 radical (unpaired) electrons. The minimum Gasteiger partial charge on any atom is -0.481 e. The van der Waals surface area contributed by atoms with Gasteiger partial charge in [-0.3, -0.25) is 4.79 Å². The maximum Gasteiger partial charge on any atom is 0.418 e. The summed E-state index contributed by atoms with van der Waals surface area (Å²) in [6.07, 6.45) is -3.26. The van der Waals surface area contributed by atoms with Gasteiger partial charge in [0.25, 0.3) is 0 Å². The molecule has 0 bridgehead atoms. The van der Waals surface area contributed by atoms with E-state index in [1.165, 1.54) is 18.2 Å². The normalized spacial score (nSPS) is 18.4. The van der Waals surface area contributed by atoms with Crippen LogP contribution in [0.2, 0.25) is 5.02 Å². The van der Waals surface area contributed by atoms with Crippen LogP contribution in [0, 0.1) is 5.41 Å². The topological polar surface area (TPSA) is 78.4 Å². The van der Waals surface area contributed by atoms with Crippen LogP contribution < -0.4 is 9.62 Å². The lowest BCUT2D eigenvalue weighted by molar-refractivity contribution is -0.148. The smallest absolute Gasteiger partial charge is 0.418 e. The lowest BCUT2D eigenvalue weighted by Gasteiger charge is -2.38. The summed E-state index contributed by atoms with van der Waals surface area (Å²) < 4.78 is 43.8. The highest BCUT2D eigenvalue weighted by Crippen LogP contribution is 2.39. The molecule has 6 nitrogen and oxygen atoms in total. The number of carbonyl (C=O) groups is 1. The zero-order chi connectivity index (χ0) is 25.2. The maximum atomic E-state index is 13.6. The highest BCUT2D eigenvalue weighted by molar-refractivity contribution is 8.00. The van der Waals surface area contributed by atoms with E-state index < -0.39 is 23.1 Å². The number of piperidine rings is 1. The summed E-state index contributed by atoms with van der Waals surface area (Å²) in [5.74, 6) is 0.0137. The lowest BCUT2D eigenvalue weighted by Crippen LogP contribution is -2.46. The van der Waals surface area contributed by atoms with Crippen molar-refractivity contribution in [2.45, 2.75) is 31.0 Å². The van der Waals surface area contributed by atoms with Crippen molar-refractivity contribution in [3.05, 3.63) is 65.2 Å². The Kier molecular flexibility index (Phi) is 7.14. The van der Waals surface area contributed by atoms with Crippen molar-refractivity contribution in [2.24, 2.45) is 5.41 Å². The first kappa shape index (κ1) is 25.1. The van der Waals surface area contributed by atoms with E-state index in [4.69, 9.17) is 11.6 Å². The summed E-state index contributed by atoms with van der Waals surface area (Å²) in [6, 6.07) is 13.8. The Morgan fingerprint density at radius 3 is 2.63 bits per heavy atom. The Morgan fingerprint density at radius 1 is 1.14 bits per heavy atom. The molecule has 3 aromatic rings. The van der Waals surface area contributed by atoms with Gasteiger partial charge in [0.2, 0.25) is 0 Å². The van der Waals surface area contributed by atoms with Crippen LogP contribution in [-0.4, -0.2) is 34.1 Å². The number of aliphatic carboxylic acids is 1. The molecule has 11 heteroatoms. The fourth-order valence-electron chi connectivity index (χ4n) is 3.95. The van der Waals surface area contributed by atoms with Crippen LogP contribution in [0.25, 0.3) is 11.3 Å². The van der Waals surface area contributed by atoms with Crippen molar-refractivity contribution in [3.63, 3.8) is 0 Å². The second-order valence-electron chi connectivity index (χ2n) is 8.50. The van der Waals surface area contributed by atoms with E-state index >= 15 is 0 Å². The van der Waals surface area contributed by atoms with E-state index in [1.807, 2.05) is 11.0 Å². The van der Waals surface area contributed by atoms with Gasteiger partial charge in [0.15, 0.2) is 0 Å². The molecule has 1 aliphatic rings.